The first-order valence-electron chi connectivity index (χ1n) is 13.6. The molecule has 2 fully saturated rings. The zero-order valence-corrected chi connectivity index (χ0v) is 22.4. The van der Waals surface area contributed by atoms with Gasteiger partial charge in [0.2, 0.25) is 0 Å². The van der Waals surface area contributed by atoms with Crippen molar-refractivity contribution in [3.63, 3.8) is 0 Å². The van der Waals surface area contributed by atoms with Gasteiger partial charge >= 0.3 is 0 Å². The van der Waals surface area contributed by atoms with Crippen LogP contribution in [-0.2, 0) is 4.74 Å². The molecule has 37 heavy (non-hydrogen) atoms. The maximum atomic E-state index is 11.3. The summed E-state index contributed by atoms with van der Waals surface area (Å²) in [4.78, 5) is 10.7. The van der Waals surface area contributed by atoms with Gasteiger partial charge in [0, 0.05) is 29.0 Å². The number of likely N-dealkylation sites (N-methyl/N-ethyl adjacent to an activating group) is 1. The molecule has 6 heteroatoms. The Bertz CT molecular complexity index is 1410. The van der Waals surface area contributed by atoms with Gasteiger partial charge in [-0.1, -0.05) is 45.1 Å². The van der Waals surface area contributed by atoms with Crippen molar-refractivity contribution >= 4 is 16.5 Å². The first-order chi connectivity index (χ1) is 17.5. The van der Waals surface area contributed by atoms with Gasteiger partial charge in [-0.2, -0.15) is 0 Å². The predicted octanol–water partition coefficient (Wildman–Crippen LogP) is 4.29. The van der Waals surface area contributed by atoms with Crippen LogP contribution < -0.4 is 0 Å². The zero-order valence-electron chi connectivity index (χ0n) is 22.4. The van der Waals surface area contributed by atoms with Crippen molar-refractivity contribution in [2.24, 2.45) is 16.7 Å². The van der Waals surface area contributed by atoms with E-state index in [9.17, 15) is 10.2 Å². The number of rotatable bonds is 2. The molecule has 7 atom stereocenters. The summed E-state index contributed by atoms with van der Waals surface area (Å²) >= 11 is 0. The topological polar surface area (TPSA) is 78.7 Å². The van der Waals surface area contributed by atoms with Crippen LogP contribution in [0.1, 0.15) is 52.0 Å². The molecule has 1 saturated heterocycles. The largest absolute Gasteiger partial charge is 0.388 e. The van der Waals surface area contributed by atoms with Gasteiger partial charge in [-0.25, -0.2) is 9.97 Å². The molecule has 194 valence electrons. The third kappa shape index (κ3) is 2.85. The molecule has 1 saturated carbocycles. The normalized spacial score (nSPS) is 41.6. The van der Waals surface area contributed by atoms with Crippen molar-refractivity contribution in [1.29, 1.82) is 0 Å². The van der Waals surface area contributed by atoms with E-state index in [-0.39, 0.29) is 28.4 Å². The molecule has 0 amide bonds. The molecular formula is C31H37N3O3. The standard InChI is InChI=1S/C31H37N3O3/c1-28(2)14-20-13-22-26(35)27(36)24(34(4)5)15-30(22)10-11-31(20,37-30)25-9-7-21(29(25,28)3)18-6-8-23-19(12-18)16-32-17-33-23/h6-8,12-14,16-17,24-27,35-36H,9-11,15H2,1-5H3. The number of benzene rings is 1. The molecule has 3 heterocycles. The molecule has 2 aliphatic heterocycles. The Morgan fingerprint density at radius 1 is 1.11 bits per heavy atom. The Hall–Kier alpha value is -2.38. The summed E-state index contributed by atoms with van der Waals surface area (Å²) in [5.41, 5.74) is 4.46. The SMILES string of the molecule is CN(C)C1CC23CCC4(O2)C(=CC(C)(C)C2(C)C(c5ccc6ncncc6c5)=CCC42)C=C3C(O)C1O. The fraction of sp³-hybridized carbons (Fsp3) is 0.548. The Morgan fingerprint density at radius 3 is 2.70 bits per heavy atom. The minimum absolute atomic E-state index is 0.134. The van der Waals surface area contributed by atoms with E-state index in [1.165, 1.54) is 16.7 Å². The number of hydrogen-bond donors (Lipinski definition) is 2. The summed E-state index contributed by atoms with van der Waals surface area (Å²) in [6.45, 7) is 7.11. The second-order valence-corrected chi connectivity index (χ2v) is 13.0. The maximum Gasteiger partial charge on any atom is 0.116 e. The van der Waals surface area contributed by atoms with Crippen LogP contribution in [0.4, 0.5) is 0 Å². The van der Waals surface area contributed by atoms with Crippen molar-refractivity contribution in [3.05, 3.63) is 65.7 Å². The molecule has 5 aliphatic rings. The molecule has 1 aromatic heterocycles. The summed E-state index contributed by atoms with van der Waals surface area (Å²) in [6.07, 6.45) is 12.3. The number of aromatic nitrogens is 2. The van der Waals surface area contributed by atoms with Crippen molar-refractivity contribution in [2.75, 3.05) is 14.1 Å². The molecule has 2 bridgehead atoms. The number of aliphatic hydroxyl groups excluding tert-OH is 2. The number of ether oxygens (including phenoxy) is 1. The highest BCUT2D eigenvalue weighted by atomic mass is 16.5. The minimum atomic E-state index is -0.911. The molecule has 2 aromatic rings. The van der Waals surface area contributed by atoms with Crippen molar-refractivity contribution in [1.82, 2.24) is 14.9 Å². The summed E-state index contributed by atoms with van der Waals surface area (Å²) in [6, 6.07) is 6.40. The molecule has 1 aromatic carbocycles. The summed E-state index contributed by atoms with van der Waals surface area (Å²) in [5.74, 6) is 0.284. The number of fused-ring (bicyclic) bond motifs is 2. The highest BCUT2D eigenvalue weighted by Gasteiger charge is 2.70. The van der Waals surface area contributed by atoms with Gasteiger partial charge in [0.05, 0.1) is 22.8 Å². The summed E-state index contributed by atoms with van der Waals surface area (Å²) < 4.78 is 7.32. The molecule has 0 radical (unpaired) electrons. The quantitative estimate of drug-likeness (QED) is 0.642. The Morgan fingerprint density at radius 2 is 1.92 bits per heavy atom. The van der Waals surface area contributed by atoms with Crippen LogP contribution in [0.2, 0.25) is 0 Å². The van der Waals surface area contributed by atoms with E-state index in [4.69, 9.17) is 4.74 Å². The maximum absolute atomic E-state index is 11.3. The second-order valence-electron chi connectivity index (χ2n) is 13.0. The minimum Gasteiger partial charge on any atom is -0.388 e. The third-order valence-electron chi connectivity index (χ3n) is 10.9. The average molecular weight is 500 g/mol. The van der Waals surface area contributed by atoms with Crippen molar-refractivity contribution < 1.29 is 14.9 Å². The van der Waals surface area contributed by atoms with Gasteiger partial charge in [-0.3, -0.25) is 0 Å². The van der Waals surface area contributed by atoms with E-state index in [1.54, 1.807) is 6.33 Å². The average Bonchev–Trinajstić information content (AvgIpc) is 3.40. The van der Waals surface area contributed by atoms with Gasteiger partial charge in [-0.05, 0) is 79.6 Å². The number of aliphatic hydroxyl groups is 2. The molecule has 2 spiro atoms. The monoisotopic (exact) mass is 499 g/mol. The van der Waals surface area contributed by atoms with Gasteiger partial charge in [0.1, 0.15) is 12.4 Å². The van der Waals surface area contributed by atoms with Gasteiger partial charge in [-0.15, -0.1) is 0 Å². The Balaban J connectivity index is 1.36. The van der Waals surface area contributed by atoms with Crippen molar-refractivity contribution in [3.8, 4) is 0 Å². The van der Waals surface area contributed by atoms with Gasteiger partial charge in [0.15, 0.2) is 0 Å². The van der Waals surface area contributed by atoms with Gasteiger partial charge < -0.3 is 19.8 Å². The van der Waals surface area contributed by atoms with Crippen LogP contribution in [0.5, 0.6) is 0 Å². The number of nitrogens with zero attached hydrogens (tertiary/aromatic N) is 3. The van der Waals surface area contributed by atoms with E-state index in [1.807, 2.05) is 25.2 Å². The number of allylic oxidation sites excluding steroid dienone is 3. The molecular weight excluding hydrogens is 462 g/mol. The van der Waals surface area contributed by atoms with Crippen LogP contribution in [0.15, 0.2) is 60.1 Å². The molecule has 3 aliphatic carbocycles. The third-order valence-corrected chi connectivity index (χ3v) is 10.9. The van der Waals surface area contributed by atoms with Gasteiger partial charge in [0.25, 0.3) is 0 Å². The van der Waals surface area contributed by atoms with E-state index in [2.05, 4.69) is 67.2 Å². The highest BCUT2D eigenvalue weighted by molar-refractivity contribution is 5.85. The van der Waals surface area contributed by atoms with E-state index in [0.717, 1.165) is 35.7 Å². The van der Waals surface area contributed by atoms with Crippen LogP contribution in [0.25, 0.3) is 16.5 Å². The lowest BCUT2D eigenvalue weighted by Crippen LogP contribution is -2.63. The van der Waals surface area contributed by atoms with Crippen molar-refractivity contribution in [2.45, 2.75) is 75.9 Å². The molecule has 7 unspecified atom stereocenters. The first kappa shape index (κ1) is 23.7. The molecule has 2 N–H and O–H groups in total. The van der Waals surface area contributed by atoms with E-state index < -0.39 is 17.8 Å². The zero-order chi connectivity index (χ0) is 26.0. The summed E-state index contributed by atoms with van der Waals surface area (Å²) in [5, 5.41) is 23.3. The lowest BCUT2D eigenvalue weighted by atomic mass is 9.49. The fourth-order valence-corrected chi connectivity index (χ4v) is 8.67. The Kier molecular flexibility index (Phi) is 4.73. The Labute approximate surface area is 218 Å². The summed E-state index contributed by atoms with van der Waals surface area (Å²) in [7, 11) is 3.96. The van der Waals surface area contributed by atoms with E-state index in [0.29, 0.717) is 6.42 Å². The molecule has 7 rings (SSSR count). The lowest BCUT2D eigenvalue weighted by Gasteiger charge is -2.60. The van der Waals surface area contributed by atoms with Crippen LogP contribution in [0.3, 0.4) is 0 Å². The van der Waals surface area contributed by atoms with Crippen LogP contribution in [-0.4, -0.2) is 68.6 Å². The predicted molar refractivity (Wildman–Crippen MR) is 144 cm³/mol. The fourth-order valence-electron chi connectivity index (χ4n) is 8.67. The highest BCUT2D eigenvalue weighted by Crippen LogP contribution is 2.71. The van der Waals surface area contributed by atoms with E-state index >= 15 is 0 Å². The first-order valence-corrected chi connectivity index (χ1v) is 13.6. The van der Waals surface area contributed by atoms with Crippen LogP contribution >= 0.6 is 0 Å². The molecule has 6 nitrogen and oxygen atoms in total. The second kappa shape index (κ2) is 7.38. The van der Waals surface area contributed by atoms with Crippen LogP contribution in [0, 0.1) is 16.7 Å². The number of hydrogen-bond acceptors (Lipinski definition) is 6. The smallest absolute Gasteiger partial charge is 0.116 e. The lowest BCUT2D eigenvalue weighted by molar-refractivity contribution is -0.170.